The Morgan fingerprint density at radius 2 is 1.96 bits per heavy atom. The molecule has 150 valence electrons. The molecule has 1 heterocycles. The van der Waals surface area contributed by atoms with E-state index < -0.39 is 54.3 Å². The second-order valence-corrected chi connectivity index (χ2v) is 5.94. The fraction of sp³-hybridized carbons (Fsp3) is 0.500. The highest BCUT2D eigenvalue weighted by atomic mass is 19.3. The maximum absolute atomic E-state index is 14.3. The van der Waals surface area contributed by atoms with Crippen molar-refractivity contribution < 1.29 is 36.2 Å². The van der Waals surface area contributed by atoms with E-state index in [0.717, 1.165) is 18.5 Å². The molecule has 0 aliphatic heterocycles. The van der Waals surface area contributed by atoms with Gasteiger partial charge in [0.1, 0.15) is 29.4 Å². The van der Waals surface area contributed by atoms with Crippen molar-refractivity contribution in [1.29, 1.82) is 0 Å². The fourth-order valence-corrected chi connectivity index (χ4v) is 2.74. The van der Waals surface area contributed by atoms with Gasteiger partial charge in [-0.25, -0.2) is 22.5 Å². The zero-order valence-corrected chi connectivity index (χ0v) is 14.1. The van der Waals surface area contributed by atoms with Crippen LogP contribution >= 0.6 is 0 Å². The molecule has 2 atom stereocenters. The third-order valence-electron chi connectivity index (χ3n) is 4.20. The van der Waals surface area contributed by atoms with Crippen LogP contribution in [-0.4, -0.2) is 39.4 Å². The number of hydrogen-bond donors (Lipinski definition) is 2. The number of hydrogen-bond acceptors (Lipinski definition) is 4. The molecular formula is C16H17F6N3O2. The third-order valence-corrected chi connectivity index (χ3v) is 4.20. The molecule has 0 amide bonds. The van der Waals surface area contributed by atoms with Gasteiger partial charge in [-0.15, -0.1) is 0 Å². The van der Waals surface area contributed by atoms with Gasteiger partial charge in [0.15, 0.2) is 0 Å². The second kappa shape index (κ2) is 8.26. The molecule has 0 saturated heterocycles. The van der Waals surface area contributed by atoms with Crippen LogP contribution in [0.15, 0.2) is 24.5 Å². The second-order valence-electron chi connectivity index (χ2n) is 5.94. The standard InChI is InChI=1S/C16H17F6N3O2/c1-2-9(7-27-16(21,22)14(19)20)15(26,6-13-23-8-24-25-13)11-4-3-10(17)5-12(11)18/h3-5,8-9,14,26H,2,6-7H2,1H3,(H,23,24,25)/t9-,15+/m0/s1. The first-order valence-electron chi connectivity index (χ1n) is 7.92. The topological polar surface area (TPSA) is 71.0 Å². The average molecular weight is 397 g/mol. The van der Waals surface area contributed by atoms with Gasteiger partial charge in [0.05, 0.1) is 6.61 Å². The zero-order chi connectivity index (χ0) is 20.2. The first-order chi connectivity index (χ1) is 12.6. The van der Waals surface area contributed by atoms with Crippen LogP contribution in [0.3, 0.4) is 0 Å². The molecular weight excluding hydrogens is 380 g/mol. The van der Waals surface area contributed by atoms with Crippen LogP contribution in [0.1, 0.15) is 24.7 Å². The van der Waals surface area contributed by atoms with E-state index in [1.165, 1.54) is 6.92 Å². The Morgan fingerprint density at radius 3 is 2.48 bits per heavy atom. The van der Waals surface area contributed by atoms with Gasteiger partial charge < -0.3 is 9.84 Å². The maximum atomic E-state index is 14.3. The van der Waals surface area contributed by atoms with Gasteiger partial charge >= 0.3 is 12.5 Å². The maximum Gasteiger partial charge on any atom is 0.416 e. The van der Waals surface area contributed by atoms with Crippen LogP contribution in [-0.2, 0) is 16.8 Å². The molecule has 0 radical (unpaired) electrons. The Labute approximate surface area is 150 Å². The Bertz CT molecular complexity index is 744. The molecule has 5 nitrogen and oxygen atoms in total. The molecule has 2 N–H and O–H groups in total. The lowest BCUT2D eigenvalue weighted by Crippen LogP contribution is -2.43. The van der Waals surface area contributed by atoms with Crippen molar-refractivity contribution in [3.8, 4) is 0 Å². The lowest BCUT2D eigenvalue weighted by molar-refractivity contribution is -0.309. The summed E-state index contributed by atoms with van der Waals surface area (Å²) in [6.45, 7) is 0.469. The van der Waals surface area contributed by atoms with Crippen LogP contribution in [0, 0.1) is 17.6 Å². The number of aromatic nitrogens is 3. The van der Waals surface area contributed by atoms with Crippen LogP contribution in [0.25, 0.3) is 0 Å². The molecule has 0 aliphatic carbocycles. The van der Waals surface area contributed by atoms with Gasteiger partial charge in [-0.3, -0.25) is 5.10 Å². The number of aliphatic hydroxyl groups is 1. The first-order valence-corrected chi connectivity index (χ1v) is 7.92. The fourth-order valence-electron chi connectivity index (χ4n) is 2.74. The summed E-state index contributed by atoms with van der Waals surface area (Å²) in [5, 5.41) is 17.2. The molecule has 2 aromatic rings. The number of nitrogens with one attached hydrogen (secondary N) is 1. The van der Waals surface area contributed by atoms with Crippen molar-refractivity contribution >= 4 is 0 Å². The van der Waals surface area contributed by atoms with Crippen molar-refractivity contribution in [1.82, 2.24) is 15.2 Å². The predicted molar refractivity (Wildman–Crippen MR) is 81.0 cm³/mol. The number of aromatic amines is 1. The minimum absolute atomic E-state index is 0.0409. The first kappa shape index (κ1) is 21.2. The molecule has 11 heteroatoms. The van der Waals surface area contributed by atoms with E-state index in [4.69, 9.17) is 0 Å². The molecule has 0 aliphatic rings. The van der Waals surface area contributed by atoms with E-state index in [1.807, 2.05) is 0 Å². The number of rotatable bonds is 9. The summed E-state index contributed by atoms with van der Waals surface area (Å²) in [6.07, 6.45) is -8.15. The Morgan fingerprint density at radius 1 is 1.26 bits per heavy atom. The van der Waals surface area contributed by atoms with Crippen LogP contribution in [0.5, 0.6) is 0 Å². The van der Waals surface area contributed by atoms with E-state index in [-0.39, 0.29) is 12.2 Å². The van der Waals surface area contributed by atoms with Crippen molar-refractivity contribution in [3.05, 3.63) is 47.5 Å². The third kappa shape index (κ3) is 4.78. The minimum Gasteiger partial charge on any atom is -0.384 e. The van der Waals surface area contributed by atoms with Crippen molar-refractivity contribution in [2.75, 3.05) is 6.61 Å². The summed E-state index contributed by atoms with van der Waals surface area (Å²) >= 11 is 0. The van der Waals surface area contributed by atoms with Gasteiger partial charge in [-0.1, -0.05) is 13.0 Å². The Hall–Kier alpha value is -2.14. The molecule has 27 heavy (non-hydrogen) atoms. The van der Waals surface area contributed by atoms with E-state index in [9.17, 15) is 31.4 Å². The molecule has 0 fully saturated rings. The van der Waals surface area contributed by atoms with Crippen LogP contribution < -0.4 is 0 Å². The van der Waals surface area contributed by atoms with Crippen molar-refractivity contribution in [2.45, 2.75) is 37.9 Å². The average Bonchev–Trinajstić information content (AvgIpc) is 3.07. The normalized spacial score (nSPS) is 15.7. The highest BCUT2D eigenvalue weighted by Crippen LogP contribution is 2.38. The number of halogens is 6. The SMILES string of the molecule is CC[C@@H](COC(F)(F)C(F)F)[C@](O)(Cc1ncn[nH]1)c1ccc(F)cc1F. The molecule has 0 saturated carbocycles. The Balaban J connectivity index is 2.40. The van der Waals surface area contributed by atoms with E-state index in [1.54, 1.807) is 0 Å². The number of H-pyrrole nitrogens is 1. The quantitative estimate of drug-likeness (QED) is 0.637. The van der Waals surface area contributed by atoms with E-state index in [0.29, 0.717) is 6.07 Å². The number of alkyl halides is 4. The zero-order valence-electron chi connectivity index (χ0n) is 14.1. The molecule has 0 bridgehead atoms. The Kier molecular flexibility index (Phi) is 6.47. The number of benzene rings is 1. The lowest BCUT2D eigenvalue weighted by Gasteiger charge is -2.36. The van der Waals surface area contributed by atoms with Crippen molar-refractivity contribution in [2.24, 2.45) is 5.92 Å². The highest BCUT2D eigenvalue weighted by molar-refractivity contribution is 5.27. The highest BCUT2D eigenvalue weighted by Gasteiger charge is 2.46. The number of nitrogens with zero attached hydrogens (tertiary/aromatic N) is 2. The van der Waals surface area contributed by atoms with Gasteiger partial charge in [-0.05, 0) is 12.5 Å². The van der Waals surface area contributed by atoms with Crippen molar-refractivity contribution in [3.63, 3.8) is 0 Å². The molecule has 1 aromatic carbocycles. The summed E-state index contributed by atoms with van der Waals surface area (Å²) in [6, 6.07) is 2.35. The van der Waals surface area contributed by atoms with E-state index >= 15 is 0 Å². The molecule has 1 aromatic heterocycles. The van der Waals surface area contributed by atoms with E-state index in [2.05, 4.69) is 19.9 Å². The van der Waals surface area contributed by atoms with Crippen LogP contribution in [0.4, 0.5) is 26.3 Å². The monoisotopic (exact) mass is 397 g/mol. The summed E-state index contributed by atoms with van der Waals surface area (Å²) in [7, 11) is 0. The smallest absolute Gasteiger partial charge is 0.384 e. The lowest BCUT2D eigenvalue weighted by atomic mass is 9.77. The molecule has 2 rings (SSSR count). The van der Waals surface area contributed by atoms with Gasteiger partial charge in [0, 0.05) is 24.0 Å². The molecule has 0 unspecified atom stereocenters. The largest absolute Gasteiger partial charge is 0.416 e. The summed E-state index contributed by atoms with van der Waals surface area (Å²) < 4.78 is 82.5. The van der Waals surface area contributed by atoms with Gasteiger partial charge in [0.25, 0.3) is 0 Å². The molecule has 0 spiro atoms. The summed E-state index contributed by atoms with van der Waals surface area (Å²) in [5.74, 6) is -3.20. The minimum atomic E-state index is -4.73. The number of ether oxygens (including phenoxy) is 1. The van der Waals surface area contributed by atoms with Gasteiger partial charge in [0.2, 0.25) is 0 Å². The predicted octanol–water partition coefficient (Wildman–Crippen LogP) is 3.41. The van der Waals surface area contributed by atoms with Crippen LogP contribution in [0.2, 0.25) is 0 Å². The summed E-state index contributed by atoms with van der Waals surface area (Å²) in [5.41, 5.74) is -2.61. The van der Waals surface area contributed by atoms with Gasteiger partial charge in [-0.2, -0.15) is 13.9 Å². The summed E-state index contributed by atoms with van der Waals surface area (Å²) in [4.78, 5) is 3.80.